The number of nitrogens with one attached hydrogen (secondary N) is 1. The average Bonchev–Trinajstić information content (AvgIpc) is 2.28. The van der Waals surface area contributed by atoms with Gasteiger partial charge in [-0.2, -0.15) is 0 Å². The first-order valence-corrected chi connectivity index (χ1v) is 8.21. The standard InChI is InChI=1S/C11H15BrN2O3S2/c1-3-10(11(13)18)19(15,16)14-7-4-5-9(17-2)8(12)6-7/h4-6,10,14H,3H2,1-2H3,(H2,13,18). The van der Waals surface area contributed by atoms with E-state index < -0.39 is 15.3 Å². The lowest BCUT2D eigenvalue weighted by Gasteiger charge is -2.16. The number of anilines is 1. The summed E-state index contributed by atoms with van der Waals surface area (Å²) in [5, 5.41) is -0.886. The molecule has 0 heterocycles. The van der Waals surface area contributed by atoms with Crippen molar-refractivity contribution in [3.8, 4) is 5.75 Å². The van der Waals surface area contributed by atoms with Crippen LogP contribution in [0.5, 0.6) is 5.75 Å². The second kappa shape index (κ2) is 6.53. The number of methoxy groups -OCH3 is 1. The molecule has 0 saturated heterocycles. The third-order valence-corrected chi connectivity index (χ3v) is 5.38. The van der Waals surface area contributed by atoms with Crippen LogP contribution in [0, 0.1) is 0 Å². The van der Waals surface area contributed by atoms with Gasteiger partial charge < -0.3 is 10.5 Å². The van der Waals surface area contributed by atoms with Gasteiger partial charge in [0.25, 0.3) is 0 Å². The lowest BCUT2D eigenvalue weighted by molar-refractivity contribution is 0.412. The molecule has 0 radical (unpaired) electrons. The Kier molecular flexibility index (Phi) is 5.57. The minimum Gasteiger partial charge on any atom is -0.496 e. The fourth-order valence-electron chi connectivity index (χ4n) is 1.54. The van der Waals surface area contributed by atoms with Crippen LogP contribution in [0.2, 0.25) is 0 Å². The van der Waals surface area contributed by atoms with Crippen molar-refractivity contribution in [2.24, 2.45) is 5.73 Å². The molecule has 0 aliphatic rings. The molecule has 0 aromatic heterocycles. The minimum absolute atomic E-state index is 0.0393. The molecule has 5 nitrogen and oxygen atoms in total. The highest BCUT2D eigenvalue weighted by Crippen LogP contribution is 2.28. The van der Waals surface area contributed by atoms with Crippen LogP contribution in [0.4, 0.5) is 5.69 Å². The fourth-order valence-corrected chi connectivity index (χ4v) is 3.97. The lowest BCUT2D eigenvalue weighted by atomic mass is 10.3. The van der Waals surface area contributed by atoms with Gasteiger partial charge in [0.1, 0.15) is 11.0 Å². The number of hydrogen-bond donors (Lipinski definition) is 2. The monoisotopic (exact) mass is 366 g/mol. The molecule has 1 aromatic rings. The van der Waals surface area contributed by atoms with Crippen LogP contribution in [-0.4, -0.2) is 25.8 Å². The van der Waals surface area contributed by atoms with Gasteiger partial charge in [-0.25, -0.2) is 8.42 Å². The highest BCUT2D eigenvalue weighted by Gasteiger charge is 2.26. The van der Waals surface area contributed by atoms with Gasteiger partial charge in [0.15, 0.2) is 0 Å². The number of hydrogen-bond acceptors (Lipinski definition) is 4. The molecule has 1 unspecified atom stereocenters. The molecular weight excluding hydrogens is 352 g/mol. The van der Waals surface area contributed by atoms with Crippen molar-refractivity contribution in [1.82, 2.24) is 0 Å². The third-order valence-electron chi connectivity index (χ3n) is 2.47. The Morgan fingerprint density at radius 1 is 1.58 bits per heavy atom. The quantitative estimate of drug-likeness (QED) is 0.754. The number of ether oxygens (including phenoxy) is 1. The Bertz CT molecular complexity index is 575. The highest BCUT2D eigenvalue weighted by atomic mass is 79.9. The zero-order valence-corrected chi connectivity index (χ0v) is 13.7. The molecule has 0 aliphatic heterocycles. The van der Waals surface area contributed by atoms with E-state index in [1.54, 1.807) is 25.1 Å². The van der Waals surface area contributed by atoms with Crippen molar-refractivity contribution in [1.29, 1.82) is 0 Å². The van der Waals surface area contributed by atoms with Crippen LogP contribution < -0.4 is 15.2 Å². The maximum absolute atomic E-state index is 12.1. The molecule has 1 aromatic carbocycles. The molecular formula is C11H15BrN2O3S2. The van der Waals surface area contributed by atoms with Gasteiger partial charge in [0, 0.05) is 5.69 Å². The van der Waals surface area contributed by atoms with E-state index in [9.17, 15) is 8.42 Å². The molecule has 0 amide bonds. The van der Waals surface area contributed by atoms with Crippen molar-refractivity contribution in [3.63, 3.8) is 0 Å². The van der Waals surface area contributed by atoms with Crippen molar-refractivity contribution < 1.29 is 13.2 Å². The topological polar surface area (TPSA) is 81.4 Å². The first-order chi connectivity index (χ1) is 8.81. The number of rotatable bonds is 6. The summed E-state index contributed by atoms with van der Waals surface area (Å²) in [6.45, 7) is 1.72. The molecule has 1 atom stereocenters. The van der Waals surface area contributed by atoms with E-state index in [1.165, 1.54) is 7.11 Å². The number of benzene rings is 1. The Morgan fingerprint density at radius 3 is 2.63 bits per heavy atom. The smallest absolute Gasteiger partial charge is 0.242 e. The first kappa shape index (κ1) is 16.2. The van der Waals surface area contributed by atoms with E-state index in [2.05, 4.69) is 20.7 Å². The SMILES string of the molecule is CCC(C(N)=S)S(=O)(=O)Nc1ccc(OC)c(Br)c1. The largest absolute Gasteiger partial charge is 0.496 e. The number of sulfonamides is 1. The first-order valence-electron chi connectivity index (χ1n) is 5.46. The normalized spacial score (nSPS) is 12.8. The van der Waals surface area contributed by atoms with Crippen molar-refractivity contribution in [3.05, 3.63) is 22.7 Å². The molecule has 0 aliphatic carbocycles. The zero-order chi connectivity index (χ0) is 14.6. The van der Waals surface area contributed by atoms with Gasteiger partial charge in [-0.1, -0.05) is 19.1 Å². The molecule has 0 spiro atoms. The molecule has 3 N–H and O–H groups in total. The fraction of sp³-hybridized carbons (Fsp3) is 0.364. The summed E-state index contributed by atoms with van der Waals surface area (Å²) in [5.41, 5.74) is 5.86. The summed E-state index contributed by atoms with van der Waals surface area (Å²) in [4.78, 5) is -0.0393. The van der Waals surface area contributed by atoms with Crippen LogP contribution >= 0.6 is 28.1 Å². The van der Waals surface area contributed by atoms with Gasteiger partial charge >= 0.3 is 0 Å². The Balaban J connectivity index is 3.01. The predicted molar refractivity (Wildman–Crippen MR) is 84.1 cm³/mol. The molecule has 1 rings (SSSR count). The van der Waals surface area contributed by atoms with Crippen LogP contribution in [0.15, 0.2) is 22.7 Å². The summed E-state index contributed by atoms with van der Waals surface area (Å²) in [5.74, 6) is 0.615. The van der Waals surface area contributed by atoms with E-state index in [0.29, 0.717) is 22.3 Å². The molecule has 0 fully saturated rings. The van der Waals surface area contributed by atoms with Crippen LogP contribution in [0.25, 0.3) is 0 Å². The molecule has 0 saturated carbocycles. The summed E-state index contributed by atoms with van der Waals surface area (Å²) < 4.78 is 32.4. The number of nitrogens with two attached hydrogens (primary N) is 1. The van der Waals surface area contributed by atoms with Crippen LogP contribution in [0.3, 0.4) is 0 Å². The van der Waals surface area contributed by atoms with E-state index in [0.717, 1.165) is 0 Å². The Labute approximate surface area is 126 Å². The predicted octanol–water partition coefficient (Wildman–Crippen LogP) is 2.26. The van der Waals surface area contributed by atoms with Crippen LogP contribution in [0.1, 0.15) is 13.3 Å². The molecule has 0 bridgehead atoms. The van der Waals surface area contributed by atoms with Crippen molar-refractivity contribution >= 4 is 48.8 Å². The Morgan fingerprint density at radius 2 is 2.21 bits per heavy atom. The second-order valence-electron chi connectivity index (χ2n) is 3.80. The summed E-state index contributed by atoms with van der Waals surface area (Å²) in [7, 11) is -2.11. The Hall–Kier alpha value is -0.860. The number of thiocarbonyl (C=S) groups is 1. The van der Waals surface area contributed by atoms with E-state index >= 15 is 0 Å². The van der Waals surface area contributed by atoms with Gasteiger partial charge in [-0.05, 0) is 40.5 Å². The lowest BCUT2D eigenvalue weighted by Crippen LogP contribution is -2.37. The second-order valence-corrected chi connectivity index (χ2v) is 6.98. The van der Waals surface area contributed by atoms with Gasteiger partial charge in [-0.3, -0.25) is 4.72 Å². The molecule has 106 valence electrons. The van der Waals surface area contributed by atoms with Gasteiger partial charge in [0.05, 0.1) is 16.6 Å². The van der Waals surface area contributed by atoms with Gasteiger partial charge in [-0.15, -0.1) is 0 Å². The third kappa shape index (κ3) is 4.05. The molecule has 8 heteroatoms. The van der Waals surface area contributed by atoms with Crippen molar-refractivity contribution in [2.75, 3.05) is 11.8 Å². The van der Waals surface area contributed by atoms with Crippen LogP contribution in [-0.2, 0) is 10.0 Å². The zero-order valence-electron chi connectivity index (χ0n) is 10.5. The van der Waals surface area contributed by atoms with Crippen molar-refractivity contribution in [2.45, 2.75) is 18.6 Å². The minimum atomic E-state index is -3.64. The van der Waals surface area contributed by atoms with E-state index in [4.69, 9.17) is 22.7 Å². The van der Waals surface area contributed by atoms with E-state index in [1.807, 2.05) is 0 Å². The number of halogens is 1. The maximum atomic E-state index is 12.1. The summed E-state index contributed by atoms with van der Waals surface area (Å²) in [6, 6.07) is 4.87. The summed E-state index contributed by atoms with van der Waals surface area (Å²) >= 11 is 8.06. The highest BCUT2D eigenvalue weighted by molar-refractivity contribution is 9.10. The summed E-state index contributed by atoms with van der Waals surface area (Å²) in [6.07, 6.45) is 0.321. The molecule has 19 heavy (non-hydrogen) atoms. The average molecular weight is 367 g/mol. The maximum Gasteiger partial charge on any atom is 0.242 e. The van der Waals surface area contributed by atoms with Gasteiger partial charge in [0.2, 0.25) is 10.0 Å². The van der Waals surface area contributed by atoms with E-state index in [-0.39, 0.29) is 4.99 Å².